The third-order valence-electron chi connectivity index (χ3n) is 3.65. The highest BCUT2D eigenvalue weighted by molar-refractivity contribution is 6.67. The van der Waals surface area contributed by atoms with Gasteiger partial charge in [-0.05, 0) is 24.3 Å². The van der Waals surface area contributed by atoms with Gasteiger partial charge >= 0.3 is 15.0 Å². The zero-order chi connectivity index (χ0) is 15.9. The van der Waals surface area contributed by atoms with Crippen molar-refractivity contribution in [2.45, 2.75) is 6.00 Å². The lowest BCUT2D eigenvalue weighted by Gasteiger charge is -2.07. The van der Waals surface area contributed by atoms with E-state index in [0.29, 0.717) is 27.5 Å². The van der Waals surface area contributed by atoms with Crippen molar-refractivity contribution in [1.82, 2.24) is 0 Å². The van der Waals surface area contributed by atoms with E-state index in [1.165, 1.54) is 10.9 Å². The molecule has 0 radical (unpaired) electrons. The molecule has 116 valence electrons. The van der Waals surface area contributed by atoms with Crippen LogP contribution in [0.2, 0.25) is 0 Å². The van der Waals surface area contributed by atoms with E-state index in [9.17, 15) is 0 Å². The average molecular weight is 308 g/mol. The van der Waals surface area contributed by atoms with Crippen molar-refractivity contribution in [3.63, 3.8) is 0 Å². The lowest BCUT2D eigenvalue weighted by Crippen LogP contribution is -2.26. The Bertz CT molecular complexity index is 600. The van der Waals surface area contributed by atoms with E-state index in [0.717, 1.165) is 25.4 Å². The second-order valence-corrected chi connectivity index (χ2v) is 5.57. The van der Waals surface area contributed by atoms with Crippen LogP contribution >= 0.6 is 0 Å². The highest BCUT2D eigenvalue weighted by Crippen LogP contribution is 2.12. The van der Waals surface area contributed by atoms with Gasteiger partial charge in [-0.1, -0.05) is 35.2 Å². The van der Waals surface area contributed by atoms with Crippen LogP contribution in [0.15, 0.2) is 48.5 Å². The van der Waals surface area contributed by atoms with Gasteiger partial charge < -0.3 is 18.8 Å². The summed E-state index contributed by atoms with van der Waals surface area (Å²) in [6.07, 6.45) is 0. The summed E-state index contributed by atoms with van der Waals surface area (Å²) in [5.74, 6) is 1.77. The van der Waals surface area contributed by atoms with E-state index in [2.05, 4.69) is 24.3 Å². The fourth-order valence-corrected chi connectivity index (χ4v) is 2.24. The standard InChI is InChI=1S/C16H19B3O4/c1-20-11-17-22-14-6-2-12(3-7-14)18-13-4-8-15(9-5-13)23-19-16-10-21-16/h2-9,16-19H,10-11H2,1H3. The maximum atomic E-state index is 5.65. The lowest BCUT2D eigenvalue weighted by molar-refractivity contribution is 0.243. The smallest absolute Gasteiger partial charge is 0.371 e. The molecular weight excluding hydrogens is 289 g/mol. The minimum absolute atomic E-state index is 0.291. The van der Waals surface area contributed by atoms with Crippen molar-refractivity contribution in [1.29, 1.82) is 0 Å². The summed E-state index contributed by atoms with van der Waals surface area (Å²) in [6.45, 7) is 1.42. The zero-order valence-electron chi connectivity index (χ0n) is 13.4. The molecule has 23 heavy (non-hydrogen) atoms. The van der Waals surface area contributed by atoms with Gasteiger partial charge in [-0.2, -0.15) is 0 Å². The Morgan fingerprint density at radius 2 is 1.52 bits per heavy atom. The molecule has 1 saturated heterocycles. The summed E-state index contributed by atoms with van der Waals surface area (Å²) in [4.78, 5) is 0. The summed E-state index contributed by atoms with van der Waals surface area (Å²) >= 11 is 0. The van der Waals surface area contributed by atoms with Crippen LogP contribution in [-0.4, -0.2) is 48.5 Å². The summed E-state index contributed by atoms with van der Waals surface area (Å²) in [5.41, 5.74) is 2.51. The number of epoxide rings is 1. The molecule has 1 aliphatic rings. The Hall–Kier alpha value is -1.85. The van der Waals surface area contributed by atoms with Crippen LogP contribution in [0.1, 0.15) is 0 Å². The minimum atomic E-state index is 0.291. The van der Waals surface area contributed by atoms with Crippen molar-refractivity contribution >= 4 is 33.2 Å². The Morgan fingerprint density at radius 1 is 0.957 bits per heavy atom. The predicted molar refractivity (Wildman–Crippen MR) is 96.5 cm³/mol. The van der Waals surface area contributed by atoms with Crippen LogP contribution in [0, 0.1) is 0 Å². The first-order chi connectivity index (χ1) is 11.3. The first-order valence-corrected chi connectivity index (χ1v) is 7.87. The van der Waals surface area contributed by atoms with Gasteiger partial charge in [0.2, 0.25) is 0 Å². The number of hydrogen-bond donors (Lipinski definition) is 0. The summed E-state index contributed by atoms with van der Waals surface area (Å²) in [7, 11) is 3.78. The van der Waals surface area contributed by atoms with E-state index in [-0.39, 0.29) is 0 Å². The zero-order valence-corrected chi connectivity index (χ0v) is 13.4. The average Bonchev–Trinajstić information content (AvgIpc) is 3.40. The maximum Gasteiger partial charge on any atom is 0.371 e. The maximum absolute atomic E-state index is 5.65. The SMILES string of the molecule is COCBOc1ccc(Bc2ccc(OBC3CO3)cc2)cc1. The normalized spacial score (nSPS) is 15.6. The van der Waals surface area contributed by atoms with Gasteiger partial charge in [-0.15, -0.1) is 0 Å². The van der Waals surface area contributed by atoms with Gasteiger partial charge in [0.15, 0.2) is 7.28 Å². The molecule has 1 unspecified atom stereocenters. The Kier molecular flexibility index (Phi) is 5.67. The van der Waals surface area contributed by atoms with Gasteiger partial charge in [0, 0.05) is 7.11 Å². The molecule has 1 heterocycles. The second kappa shape index (κ2) is 8.13. The van der Waals surface area contributed by atoms with E-state index in [4.69, 9.17) is 18.8 Å². The monoisotopic (exact) mass is 308 g/mol. The molecule has 0 N–H and O–H groups in total. The first kappa shape index (κ1) is 16.0. The van der Waals surface area contributed by atoms with E-state index in [1.807, 2.05) is 24.3 Å². The number of hydrogen-bond acceptors (Lipinski definition) is 4. The molecule has 2 aromatic rings. The van der Waals surface area contributed by atoms with Crippen LogP contribution in [-0.2, 0) is 9.47 Å². The lowest BCUT2D eigenvalue weighted by atomic mass is 9.64. The van der Waals surface area contributed by atoms with Gasteiger partial charge in [0.25, 0.3) is 0 Å². The molecule has 0 bridgehead atoms. The summed E-state index contributed by atoms with van der Waals surface area (Å²) in [5, 5.41) is 0. The molecule has 1 fully saturated rings. The van der Waals surface area contributed by atoms with Crippen LogP contribution in [0.25, 0.3) is 0 Å². The molecule has 0 saturated carbocycles. The number of ether oxygens (including phenoxy) is 2. The summed E-state index contributed by atoms with van der Waals surface area (Å²) < 4.78 is 21.3. The van der Waals surface area contributed by atoms with Crippen LogP contribution in [0.4, 0.5) is 0 Å². The van der Waals surface area contributed by atoms with Crippen molar-refractivity contribution < 1.29 is 18.8 Å². The predicted octanol–water partition coefficient (Wildman–Crippen LogP) is -0.505. The second-order valence-electron chi connectivity index (χ2n) is 5.57. The van der Waals surface area contributed by atoms with Crippen molar-refractivity contribution in [3.8, 4) is 11.5 Å². The molecular formula is C16H19B3O4. The molecule has 1 aliphatic heterocycles. The Labute approximate surface area is 138 Å². The van der Waals surface area contributed by atoms with Crippen molar-refractivity contribution in [2.75, 3.05) is 20.2 Å². The topological polar surface area (TPSA) is 40.2 Å². The molecule has 2 aromatic carbocycles. The van der Waals surface area contributed by atoms with Crippen molar-refractivity contribution in [2.24, 2.45) is 0 Å². The number of benzene rings is 2. The molecule has 3 rings (SSSR count). The molecule has 1 atom stereocenters. The van der Waals surface area contributed by atoms with Gasteiger partial charge in [-0.3, -0.25) is 0 Å². The van der Waals surface area contributed by atoms with Crippen LogP contribution < -0.4 is 20.2 Å². The van der Waals surface area contributed by atoms with E-state index in [1.54, 1.807) is 7.11 Å². The fraction of sp³-hybridized carbons (Fsp3) is 0.250. The van der Waals surface area contributed by atoms with Crippen LogP contribution in [0.3, 0.4) is 0 Å². The Morgan fingerprint density at radius 3 is 2.04 bits per heavy atom. The Balaban J connectivity index is 1.49. The molecule has 4 nitrogen and oxygen atoms in total. The highest BCUT2D eigenvalue weighted by Gasteiger charge is 2.25. The molecule has 0 amide bonds. The van der Waals surface area contributed by atoms with Crippen LogP contribution in [0.5, 0.6) is 11.5 Å². The third kappa shape index (κ3) is 5.38. The summed E-state index contributed by atoms with van der Waals surface area (Å²) in [6, 6.07) is 16.7. The minimum Gasteiger partial charge on any atom is -0.562 e. The fourth-order valence-electron chi connectivity index (χ4n) is 2.24. The largest absolute Gasteiger partial charge is 0.562 e. The van der Waals surface area contributed by atoms with Crippen molar-refractivity contribution in [3.05, 3.63) is 48.5 Å². The quantitative estimate of drug-likeness (QED) is 0.356. The molecule has 7 heteroatoms. The third-order valence-corrected chi connectivity index (χ3v) is 3.65. The van der Waals surface area contributed by atoms with Gasteiger partial charge in [0.05, 0.1) is 30.6 Å². The number of rotatable bonds is 9. The van der Waals surface area contributed by atoms with E-state index < -0.39 is 0 Å². The first-order valence-electron chi connectivity index (χ1n) is 7.87. The number of methoxy groups -OCH3 is 1. The van der Waals surface area contributed by atoms with E-state index >= 15 is 0 Å². The molecule has 0 spiro atoms. The van der Waals surface area contributed by atoms with Gasteiger partial charge in [0.1, 0.15) is 0 Å². The highest BCUT2D eigenvalue weighted by atomic mass is 16.6. The van der Waals surface area contributed by atoms with Gasteiger partial charge in [-0.25, -0.2) is 0 Å². The molecule has 0 aromatic heterocycles. The molecule has 0 aliphatic carbocycles.